The number of amides is 1. The lowest BCUT2D eigenvalue weighted by molar-refractivity contribution is 0.0952. The Morgan fingerprint density at radius 2 is 2.05 bits per heavy atom. The number of aryl methyl sites for hydroxylation is 4. The first-order chi connectivity index (χ1) is 9.97. The number of pyridine rings is 1. The summed E-state index contributed by atoms with van der Waals surface area (Å²) >= 11 is 6.04. The lowest BCUT2D eigenvalue weighted by Crippen LogP contribution is -2.26. The van der Waals surface area contributed by atoms with Crippen LogP contribution in [0.2, 0.25) is 5.02 Å². The molecule has 112 valence electrons. The summed E-state index contributed by atoms with van der Waals surface area (Å²) in [6.45, 7) is 7.18. The summed E-state index contributed by atoms with van der Waals surface area (Å²) < 4.78 is 1.95. The molecule has 2 rings (SSSR count). The number of hydrogen-bond acceptors (Lipinski definition) is 3. The van der Waals surface area contributed by atoms with Gasteiger partial charge in [-0.2, -0.15) is 5.10 Å². The molecule has 0 aliphatic carbocycles. The summed E-state index contributed by atoms with van der Waals surface area (Å²) in [5.41, 5.74) is 3.34. The lowest BCUT2D eigenvalue weighted by Gasteiger charge is -2.08. The number of nitrogens with one attached hydrogen (secondary N) is 1. The molecule has 2 aromatic heterocycles. The molecule has 0 unspecified atom stereocenters. The average molecular weight is 307 g/mol. The van der Waals surface area contributed by atoms with Crippen LogP contribution in [0.1, 0.15) is 33.9 Å². The van der Waals surface area contributed by atoms with Crippen molar-refractivity contribution >= 4 is 17.5 Å². The fourth-order valence-corrected chi connectivity index (χ4v) is 2.41. The fourth-order valence-electron chi connectivity index (χ4n) is 2.12. The summed E-state index contributed by atoms with van der Waals surface area (Å²) in [7, 11) is 0. The number of carbonyl (C=O) groups excluding carboxylic acids is 1. The first kappa shape index (κ1) is 15.5. The van der Waals surface area contributed by atoms with Crippen LogP contribution in [-0.4, -0.2) is 27.2 Å². The third-order valence-electron chi connectivity index (χ3n) is 3.17. The Morgan fingerprint density at radius 3 is 2.67 bits per heavy atom. The van der Waals surface area contributed by atoms with Crippen LogP contribution in [0, 0.1) is 20.8 Å². The summed E-state index contributed by atoms with van der Waals surface area (Å²) in [6, 6.07) is 3.72. The minimum Gasteiger partial charge on any atom is -0.352 e. The molecule has 0 aromatic carbocycles. The number of rotatable bonds is 5. The zero-order valence-corrected chi connectivity index (χ0v) is 13.2. The summed E-state index contributed by atoms with van der Waals surface area (Å²) in [6.07, 6.45) is 2.32. The molecule has 2 aromatic rings. The van der Waals surface area contributed by atoms with Crippen LogP contribution < -0.4 is 5.32 Å². The van der Waals surface area contributed by atoms with Crippen molar-refractivity contribution in [2.75, 3.05) is 6.54 Å². The molecule has 0 aliphatic rings. The monoisotopic (exact) mass is 306 g/mol. The van der Waals surface area contributed by atoms with Gasteiger partial charge in [-0.3, -0.25) is 14.5 Å². The maximum Gasteiger partial charge on any atom is 0.254 e. The summed E-state index contributed by atoms with van der Waals surface area (Å²) in [5, 5.41) is 7.66. The minimum absolute atomic E-state index is 0.194. The van der Waals surface area contributed by atoms with Crippen molar-refractivity contribution in [2.45, 2.75) is 33.7 Å². The Labute approximate surface area is 129 Å². The molecular weight excluding hydrogens is 288 g/mol. The Balaban J connectivity index is 1.83. The van der Waals surface area contributed by atoms with Crippen molar-refractivity contribution in [3.05, 3.63) is 46.0 Å². The Bertz CT molecular complexity index is 651. The van der Waals surface area contributed by atoms with Gasteiger partial charge >= 0.3 is 0 Å². The SMILES string of the molecule is Cc1cc(Cl)c(C(=O)NCCCn2nc(C)cc2C)cn1. The molecule has 0 saturated heterocycles. The van der Waals surface area contributed by atoms with Gasteiger partial charge in [0, 0.05) is 30.7 Å². The second-order valence-corrected chi connectivity index (χ2v) is 5.47. The molecule has 21 heavy (non-hydrogen) atoms. The highest BCUT2D eigenvalue weighted by molar-refractivity contribution is 6.33. The number of aromatic nitrogens is 3. The molecule has 0 atom stereocenters. The van der Waals surface area contributed by atoms with Gasteiger partial charge in [0.15, 0.2) is 0 Å². The van der Waals surface area contributed by atoms with E-state index in [1.54, 1.807) is 6.07 Å². The highest BCUT2D eigenvalue weighted by Crippen LogP contribution is 2.15. The van der Waals surface area contributed by atoms with E-state index in [1.807, 2.05) is 31.5 Å². The van der Waals surface area contributed by atoms with Gasteiger partial charge < -0.3 is 5.32 Å². The molecule has 0 radical (unpaired) electrons. The molecule has 0 bridgehead atoms. The van der Waals surface area contributed by atoms with E-state index in [0.717, 1.165) is 30.0 Å². The number of carbonyl (C=O) groups is 1. The van der Waals surface area contributed by atoms with Crippen molar-refractivity contribution in [2.24, 2.45) is 0 Å². The quantitative estimate of drug-likeness (QED) is 0.864. The zero-order valence-electron chi connectivity index (χ0n) is 12.5. The number of hydrogen-bond donors (Lipinski definition) is 1. The van der Waals surface area contributed by atoms with Crippen molar-refractivity contribution in [3.63, 3.8) is 0 Å². The molecular formula is C15H19ClN4O. The largest absolute Gasteiger partial charge is 0.352 e. The first-order valence-electron chi connectivity index (χ1n) is 6.89. The molecule has 6 heteroatoms. The van der Waals surface area contributed by atoms with Crippen molar-refractivity contribution < 1.29 is 4.79 Å². The Morgan fingerprint density at radius 1 is 1.29 bits per heavy atom. The van der Waals surface area contributed by atoms with Crippen LogP contribution in [0.4, 0.5) is 0 Å². The molecule has 2 heterocycles. The van der Waals surface area contributed by atoms with E-state index >= 15 is 0 Å². The third kappa shape index (κ3) is 4.04. The molecule has 0 fully saturated rings. The van der Waals surface area contributed by atoms with E-state index in [1.165, 1.54) is 6.20 Å². The maximum atomic E-state index is 12.0. The van der Waals surface area contributed by atoms with Gasteiger partial charge in [0.05, 0.1) is 16.3 Å². The molecule has 1 N–H and O–H groups in total. The van der Waals surface area contributed by atoms with Crippen molar-refractivity contribution in [1.82, 2.24) is 20.1 Å². The van der Waals surface area contributed by atoms with Gasteiger partial charge in [-0.25, -0.2) is 0 Å². The third-order valence-corrected chi connectivity index (χ3v) is 3.48. The van der Waals surface area contributed by atoms with E-state index < -0.39 is 0 Å². The van der Waals surface area contributed by atoms with Gasteiger partial charge in [-0.1, -0.05) is 11.6 Å². The first-order valence-corrected chi connectivity index (χ1v) is 7.26. The molecule has 0 spiro atoms. The second-order valence-electron chi connectivity index (χ2n) is 5.07. The van der Waals surface area contributed by atoms with Crippen molar-refractivity contribution in [1.29, 1.82) is 0 Å². The van der Waals surface area contributed by atoms with Gasteiger partial charge in [0.1, 0.15) is 0 Å². The molecule has 0 saturated carbocycles. The van der Waals surface area contributed by atoms with Crippen molar-refractivity contribution in [3.8, 4) is 0 Å². The smallest absolute Gasteiger partial charge is 0.254 e. The normalized spacial score (nSPS) is 10.7. The van der Waals surface area contributed by atoms with Gasteiger partial charge in [-0.05, 0) is 39.3 Å². The lowest BCUT2D eigenvalue weighted by atomic mass is 10.2. The van der Waals surface area contributed by atoms with Crippen LogP contribution in [-0.2, 0) is 6.54 Å². The minimum atomic E-state index is -0.194. The second kappa shape index (κ2) is 6.72. The molecule has 0 aliphatic heterocycles. The van der Waals surface area contributed by atoms with Gasteiger partial charge in [0.2, 0.25) is 0 Å². The van der Waals surface area contributed by atoms with Crippen LogP contribution in [0.25, 0.3) is 0 Å². The summed E-state index contributed by atoms with van der Waals surface area (Å²) in [4.78, 5) is 16.1. The highest BCUT2D eigenvalue weighted by atomic mass is 35.5. The zero-order chi connectivity index (χ0) is 15.4. The van der Waals surface area contributed by atoms with E-state index in [4.69, 9.17) is 11.6 Å². The Kier molecular flexibility index (Phi) is 4.96. The van der Waals surface area contributed by atoms with E-state index in [0.29, 0.717) is 17.1 Å². The van der Waals surface area contributed by atoms with E-state index in [-0.39, 0.29) is 5.91 Å². The molecule has 5 nitrogen and oxygen atoms in total. The molecule has 1 amide bonds. The van der Waals surface area contributed by atoms with Gasteiger partial charge in [0.25, 0.3) is 5.91 Å². The highest BCUT2D eigenvalue weighted by Gasteiger charge is 2.10. The van der Waals surface area contributed by atoms with Crippen LogP contribution in [0.15, 0.2) is 18.3 Å². The predicted molar refractivity (Wildman–Crippen MR) is 82.6 cm³/mol. The van der Waals surface area contributed by atoms with E-state index in [9.17, 15) is 4.79 Å². The number of nitrogens with zero attached hydrogens (tertiary/aromatic N) is 3. The predicted octanol–water partition coefficient (Wildman–Crippen LogP) is 2.68. The van der Waals surface area contributed by atoms with Crippen LogP contribution in [0.3, 0.4) is 0 Å². The fraction of sp³-hybridized carbons (Fsp3) is 0.400. The topological polar surface area (TPSA) is 59.8 Å². The maximum absolute atomic E-state index is 12.0. The van der Waals surface area contributed by atoms with E-state index in [2.05, 4.69) is 15.4 Å². The number of halogens is 1. The van der Waals surface area contributed by atoms with Gasteiger partial charge in [-0.15, -0.1) is 0 Å². The summed E-state index contributed by atoms with van der Waals surface area (Å²) in [5.74, 6) is -0.194. The average Bonchev–Trinajstić information content (AvgIpc) is 2.73. The Hall–Kier alpha value is -1.88. The standard InChI is InChI=1S/C15H19ClN4O/c1-10-8-14(16)13(9-18-10)15(21)17-5-4-6-20-12(3)7-11(2)19-20/h7-9H,4-6H2,1-3H3,(H,17,21). The van der Waals surface area contributed by atoms with Crippen LogP contribution >= 0.6 is 11.6 Å². The van der Waals surface area contributed by atoms with Crippen LogP contribution in [0.5, 0.6) is 0 Å².